The zero-order valence-electron chi connectivity index (χ0n) is 12.4. The van der Waals surface area contributed by atoms with E-state index in [1.54, 1.807) is 4.90 Å². The Bertz CT molecular complexity index is 620. The second-order valence-corrected chi connectivity index (χ2v) is 6.11. The van der Waals surface area contributed by atoms with Crippen LogP contribution < -0.4 is 5.32 Å². The van der Waals surface area contributed by atoms with Gasteiger partial charge in [-0.15, -0.1) is 0 Å². The molecule has 1 aromatic carbocycles. The summed E-state index contributed by atoms with van der Waals surface area (Å²) in [4.78, 5) is 26.2. The van der Waals surface area contributed by atoms with Crippen LogP contribution in [0.2, 0.25) is 0 Å². The molecule has 23 heavy (non-hydrogen) atoms. The van der Waals surface area contributed by atoms with Crippen molar-refractivity contribution >= 4 is 11.8 Å². The van der Waals surface area contributed by atoms with E-state index in [-0.39, 0.29) is 18.5 Å². The molecule has 0 bridgehead atoms. The first-order chi connectivity index (χ1) is 10.9. The lowest BCUT2D eigenvalue weighted by Crippen LogP contribution is -2.48. The number of carbonyl (C=O) groups is 2. The van der Waals surface area contributed by atoms with E-state index in [1.165, 1.54) is 24.3 Å². The van der Waals surface area contributed by atoms with Crippen molar-refractivity contribution in [2.24, 2.45) is 0 Å². The van der Waals surface area contributed by atoms with Crippen LogP contribution in [0.15, 0.2) is 24.3 Å². The molecule has 7 heteroatoms. The Morgan fingerprint density at radius 3 is 2.65 bits per heavy atom. The zero-order chi connectivity index (χ0) is 16.6. The number of halogens is 3. The molecule has 124 valence electrons. The topological polar surface area (TPSA) is 49.4 Å². The van der Waals surface area contributed by atoms with Crippen molar-refractivity contribution in [3.05, 3.63) is 35.6 Å². The van der Waals surface area contributed by atoms with Crippen molar-refractivity contribution in [2.75, 3.05) is 13.1 Å². The molecule has 2 unspecified atom stereocenters. The molecule has 0 spiro atoms. The normalized spacial score (nSPS) is 26.7. The lowest BCUT2D eigenvalue weighted by atomic mass is 9.77. The fourth-order valence-corrected chi connectivity index (χ4v) is 3.59. The molecule has 2 atom stereocenters. The minimum absolute atomic E-state index is 0.0272. The molecule has 2 aliphatic heterocycles. The second-order valence-electron chi connectivity index (χ2n) is 6.11. The minimum Gasteiger partial charge on any atom is -0.350 e. The minimum atomic E-state index is -2.65. The van der Waals surface area contributed by atoms with E-state index in [2.05, 4.69) is 5.32 Å². The third kappa shape index (κ3) is 2.80. The fraction of sp³-hybridized carbons (Fsp3) is 0.500. The lowest BCUT2D eigenvalue weighted by Gasteiger charge is -2.29. The Hall–Kier alpha value is -2.05. The van der Waals surface area contributed by atoms with Gasteiger partial charge in [0.1, 0.15) is 5.82 Å². The zero-order valence-corrected chi connectivity index (χ0v) is 12.4. The molecular weight excluding hydrogens is 309 g/mol. The van der Waals surface area contributed by atoms with Gasteiger partial charge in [0.25, 0.3) is 6.43 Å². The van der Waals surface area contributed by atoms with Crippen LogP contribution in [0.1, 0.15) is 24.8 Å². The van der Waals surface area contributed by atoms with Crippen LogP contribution >= 0.6 is 0 Å². The molecule has 0 aromatic heterocycles. The Morgan fingerprint density at radius 2 is 2.04 bits per heavy atom. The van der Waals surface area contributed by atoms with E-state index < -0.39 is 30.1 Å². The predicted octanol–water partition coefficient (Wildman–Crippen LogP) is 1.84. The van der Waals surface area contributed by atoms with Gasteiger partial charge < -0.3 is 10.2 Å². The number of hydrogen-bond donors (Lipinski definition) is 1. The van der Waals surface area contributed by atoms with Crippen LogP contribution in [0.5, 0.6) is 0 Å². The van der Waals surface area contributed by atoms with Crippen LogP contribution in [-0.4, -0.2) is 42.3 Å². The van der Waals surface area contributed by atoms with Gasteiger partial charge in [0.05, 0.1) is 12.0 Å². The highest BCUT2D eigenvalue weighted by Crippen LogP contribution is 2.43. The summed E-state index contributed by atoms with van der Waals surface area (Å²) in [5, 5.41) is 2.26. The number of nitrogens with zero attached hydrogens (tertiary/aromatic N) is 1. The number of nitrogens with one attached hydrogen (secondary N) is 1. The maximum absolute atomic E-state index is 13.2. The molecule has 3 rings (SSSR count). The van der Waals surface area contributed by atoms with E-state index in [4.69, 9.17) is 0 Å². The summed E-state index contributed by atoms with van der Waals surface area (Å²) in [5.74, 6) is -1.00. The average molecular weight is 326 g/mol. The van der Waals surface area contributed by atoms with Crippen LogP contribution in [0, 0.1) is 5.82 Å². The van der Waals surface area contributed by atoms with E-state index in [0.717, 1.165) is 0 Å². The monoisotopic (exact) mass is 326 g/mol. The van der Waals surface area contributed by atoms with Crippen LogP contribution in [0.3, 0.4) is 0 Å². The standard InChI is InChI=1S/C16H17F3N2O2/c17-11-3-1-10(2-4-11)16(15(23)20-8-13(18)19)7-12-5-6-14(22)21(12)9-16/h1-4,12-13H,5-9H2,(H,20,23). The van der Waals surface area contributed by atoms with Crippen molar-refractivity contribution in [1.29, 1.82) is 0 Å². The molecule has 2 fully saturated rings. The van der Waals surface area contributed by atoms with Crippen molar-refractivity contribution in [3.63, 3.8) is 0 Å². The maximum atomic E-state index is 13.2. The summed E-state index contributed by atoms with van der Waals surface area (Å²) in [7, 11) is 0. The van der Waals surface area contributed by atoms with Gasteiger partial charge in [0.2, 0.25) is 11.8 Å². The molecule has 2 heterocycles. The fourth-order valence-electron chi connectivity index (χ4n) is 3.59. The predicted molar refractivity (Wildman–Crippen MR) is 76.4 cm³/mol. The summed E-state index contributed by atoms with van der Waals surface area (Å²) in [6, 6.07) is 5.39. The molecule has 1 aromatic rings. The van der Waals surface area contributed by atoms with E-state index in [1.807, 2.05) is 0 Å². The van der Waals surface area contributed by atoms with Crippen LogP contribution in [0.4, 0.5) is 13.2 Å². The SMILES string of the molecule is O=C1CCC2CC(C(=O)NCC(F)F)(c3ccc(F)cc3)CN12. The lowest BCUT2D eigenvalue weighted by molar-refractivity contribution is -0.129. The van der Waals surface area contributed by atoms with Crippen molar-refractivity contribution in [3.8, 4) is 0 Å². The molecule has 1 N–H and O–H groups in total. The summed E-state index contributed by atoms with van der Waals surface area (Å²) in [6.07, 6.45) is -1.17. The Morgan fingerprint density at radius 1 is 1.35 bits per heavy atom. The van der Waals surface area contributed by atoms with Gasteiger partial charge in [0, 0.05) is 19.0 Å². The molecule has 2 aliphatic rings. The summed E-state index contributed by atoms with van der Waals surface area (Å²) in [6.45, 7) is -0.586. The number of alkyl halides is 2. The number of benzene rings is 1. The second kappa shape index (κ2) is 5.86. The highest BCUT2D eigenvalue weighted by atomic mass is 19.3. The largest absolute Gasteiger partial charge is 0.350 e. The molecule has 2 saturated heterocycles. The number of amides is 2. The summed E-state index contributed by atoms with van der Waals surface area (Å²) >= 11 is 0. The first kappa shape index (κ1) is 15.8. The van der Waals surface area contributed by atoms with E-state index in [9.17, 15) is 22.8 Å². The van der Waals surface area contributed by atoms with Crippen molar-refractivity contribution < 1.29 is 22.8 Å². The number of fused-ring (bicyclic) bond motifs is 1. The van der Waals surface area contributed by atoms with Gasteiger partial charge in [-0.1, -0.05) is 12.1 Å². The molecular formula is C16H17F3N2O2. The van der Waals surface area contributed by atoms with Crippen molar-refractivity contribution in [2.45, 2.75) is 37.1 Å². The third-order valence-corrected chi connectivity index (χ3v) is 4.73. The van der Waals surface area contributed by atoms with Gasteiger partial charge in [-0.25, -0.2) is 13.2 Å². The van der Waals surface area contributed by atoms with Gasteiger partial charge >= 0.3 is 0 Å². The average Bonchev–Trinajstić information content (AvgIpc) is 3.06. The van der Waals surface area contributed by atoms with E-state index >= 15 is 0 Å². The van der Waals surface area contributed by atoms with Gasteiger partial charge in [-0.05, 0) is 30.5 Å². The Kier molecular flexibility index (Phi) is 4.04. The summed E-state index contributed by atoms with van der Waals surface area (Å²) < 4.78 is 38.0. The van der Waals surface area contributed by atoms with Gasteiger partial charge in [-0.3, -0.25) is 9.59 Å². The third-order valence-electron chi connectivity index (χ3n) is 4.73. The Balaban J connectivity index is 1.92. The van der Waals surface area contributed by atoms with Gasteiger partial charge in [-0.2, -0.15) is 0 Å². The quantitative estimate of drug-likeness (QED) is 0.918. The van der Waals surface area contributed by atoms with E-state index in [0.29, 0.717) is 24.8 Å². The molecule has 0 aliphatic carbocycles. The molecule has 2 amide bonds. The smallest absolute Gasteiger partial charge is 0.255 e. The van der Waals surface area contributed by atoms with Crippen LogP contribution in [0.25, 0.3) is 0 Å². The summed E-state index contributed by atoms with van der Waals surface area (Å²) in [5.41, 5.74) is -0.545. The van der Waals surface area contributed by atoms with Crippen LogP contribution in [-0.2, 0) is 15.0 Å². The highest BCUT2D eigenvalue weighted by molar-refractivity contribution is 5.91. The maximum Gasteiger partial charge on any atom is 0.255 e. The first-order valence-corrected chi connectivity index (χ1v) is 7.54. The van der Waals surface area contributed by atoms with Crippen molar-refractivity contribution in [1.82, 2.24) is 10.2 Å². The number of carbonyl (C=O) groups excluding carboxylic acids is 2. The molecule has 0 saturated carbocycles. The Labute approximate surface area is 131 Å². The number of rotatable bonds is 4. The molecule has 0 radical (unpaired) electrons. The van der Waals surface area contributed by atoms with Gasteiger partial charge in [0.15, 0.2) is 0 Å². The highest BCUT2D eigenvalue weighted by Gasteiger charge is 2.53. The molecule has 4 nitrogen and oxygen atoms in total. The first-order valence-electron chi connectivity index (χ1n) is 7.54. The number of hydrogen-bond acceptors (Lipinski definition) is 2.